The largest absolute Gasteiger partial charge is 0.382 e. The van der Waals surface area contributed by atoms with E-state index in [9.17, 15) is 0 Å². The molecule has 1 aliphatic rings. The Morgan fingerprint density at radius 2 is 2.16 bits per heavy atom. The Bertz CT molecular complexity index is 465. The number of aryl methyl sites for hydroxylation is 1. The lowest BCUT2D eigenvalue weighted by atomic mass is 10.1. The molecule has 1 fully saturated rings. The van der Waals surface area contributed by atoms with E-state index in [2.05, 4.69) is 28.7 Å². The maximum absolute atomic E-state index is 7.53. The maximum atomic E-state index is 7.53. The van der Waals surface area contributed by atoms with Crippen LogP contribution in [0.5, 0.6) is 0 Å². The summed E-state index contributed by atoms with van der Waals surface area (Å²) in [4.78, 5) is 11.2. The van der Waals surface area contributed by atoms with Crippen LogP contribution in [-0.2, 0) is 0 Å². The van der Waals surface area contributed by atoms with Gasteiger partial charge in [0.15, 0.2) is 0 Å². The zero-order chi connectivity index (χ0) is 14.0. The van der Waals surface area contributed by atoms with Crippen molar-refractivity contribution in [2.24, 2.45) is 11.7 Å². The van der Waals surface area contributed by atoms with Crippen LogP contribution in [0.15, 0.2) is 6.07 Å². The molecular formula is C14H23N5. The first kappa shape index (κ1) is 13.8. The van der Waals surface area contributed by atoms with Crippen molar-refractivity contribution in [3.8, 4) is 0 Å². The smallest absolute Gasteiger partial charge is 0.226 e. The van der Waals surface area contributed by atoms with Crippen molar-refractivity contribution in [1.82, 2.24) is 9.97 Å². The molecule has 0 radical (unpaired) electrons. The summed E-state index contributed by atoms with van der Waals surface area (Å²) in [5.41, 5.74) is 6.93. The fraction of sp³-hybridized carbons (Fsp3) is 0.643. The molecule has 1 aromatic rings. The highest BCUT2D eigenvalue weighted by Gasteiger charge is 2.31. The number of hydrogen-bond acceptors (Lipinski definition) is 4. The molecule has 0 bridgehead atoms. The van der Waals surface area contributed by atoms with E-state index in [0.717, 1.165) is 24.6 Å². The number of nitrogens with zero attached hydrogens (tertiary/aromatic N) is 3. The van der Waals surface area contributed by atoms with E-state index in [1.165, 1.54) is 12.8 Å². The van der Waals surface area contributed by atoms with Gasteiger partial charge in [-0.25, -0.2) is 9.97 Å². The number of amidine groups is 1. The second kappa shape index (κ2) is 5.55. The van der Waals surface area contributed by atoms with Gasteiger partial charge in [0.1, 0.15) is 11.5 Å². The molecule has 0 spiro atoms. The predicted octanol–water partition coefficient (Wildman–Crippen LogP) is 2.08. The Morgan fingerprint density at radius 3 is 2.68 bits per heavy atom. The molecule has 3 N–H and O–H groups in total. The summed E-state index contributed by atoms with van der Waals surface area (Å²) >= 11 is 0. The Kier molecular flexibility index (Phi) is 4.02. The minimum absolute atomic E-state index is 0.00589. The number of nitrogens with one attached hydrogen (secondary N) is 1. The number of nitrogens with two attached hydrogens (primary N) is 1. The molecule has 0 aliphatic heterocycles. The minimum atomic E-state index is 0.00589. The molecule has 0 aromatic carbocycles. The van der Waals surface area contributed by atoms with Crippen LogP contribution < -0.4 is 10.6 Å². The molecule has 1 heterocycles. The van der Waals surface area contributed by atoms with Crippen LogP contribution in [0.1, 0.15) is 44.5 Å². The van der Waals surface area contributed by atoms with Crippen LogP contribution in [0.2, 0.25) is 0 Å². The van der Waals surface area contributed by atoms with E-state index in [1.807, 2.05) is 6.92 Å². The second-order valence-electron chi connectivity index (χ2n) is 5.72. The van der Waals surface area contributed by atoms with E-state index in [0.29, 0.717) is 17.7 Å². The van der Waals surface area contributed by atoms with Gasteiger partial charge in [-0.3, -0.25) is 5.41 Å². The molecule has 5 nitrogen and oxygen atoms in total. The molecule has 19 heavy (non-hydrogen) atoms. The molecule has 5 heteroatoms. The second-order valence-corrected chi connectivity index (χ2v) is 5.72. The topological polar surface area (TPSA) is 78.9 Å². The van der Waals surface area contributed by atoms with Crippen molar-refractivity contribution in [3.63, 3.8) is 0 Å². The van der Waals surface area contributed by atoms with Crippen LogP contribution in [0.25, 0.3) is 0 Å². The number of nitrogen functional groups attached to an aromatic ring is 1. The summed E-state index contributed by atoms with van der Waals surface area (Å²) in [6.45, 7) is 7.35. The van der Waals surface area contributed by atoms with Gasteiger partial charge >= 0.3 is 0 Å². The first-order valence-electron chi connectivity index (χ1n) is 6.94. The summed E-state index contributed by atoms with van der Waals surface area (Å²) in [7, 11) is 0. The van der Waals surface area contributed by atoms with Crippen LogP contribution in [0, 0.1) is 18.3 Å². The fourth-order valence-corrected chi connectivity index (χ4v) is 2.05. The van der Waals surface area contributed by atoms with Crippen molar-refractivity contribution >= 4 is 11.8 Å². The lowest BCUT2D eigenvalue weighted by molar-refractivity contribution is 0.565. The molecule has 0 atom stereocenters. The number of anilines is 1. The zero-order valence-corrected chi connectivity index (χ0v) is 12.0. The summed E-state index contributed by atoms with van der Waals surface area (Å²) < 4.78 is 0. The predicted molar refractivity (Wildman–Crippen MR) is 77.6 cm³/mol. The third kappa shape index (κ3) is 3.66. The van der Waals surface area contributed by atoms with Crippen LogP contribution in [0.4, 0.5) is 5.95 Å². The van der Waals surface area contributed by atoms with E-state index < -0.39 is 0 Å². The molecule has 0 amide bonds. The zero-order valence-electron chi connectivity index (χ0n) is 12.0. The number of hydrogen-bond donors (Lipinski definition) is 2. The molecule has 0 unspecified atom stereocenters. The van der Waals surface area contributed by atoms with Gasteiger partial charge in [0, 0.05) is 18.3 Å². The minimum Gasteiger partial charge on any atom is -0.382 e. The van der Waals surface area contributed by atoms with E-state index >= 15 is 0 Å². The quantitative estimate of drug-likeness (QED) is 0.607. The normalized spacial score (nSPS) is 14.7. The van der Waals surface area contributed by atoms with Crippen molar-refractivity contribution in [3.05, 3.63) is 17.5 Å². The summed E-state index contributed by atoms with van der Waals surface area (Å²) in [5.74, 6) is 1.40. The van der Waals surface area contributed by atoms with Gasteiger partial charge in [0.05, 0.1) is 0 Å². The average molecular weight is 261 g/mol. The van der Waals surface area contributed by atoms with Gasteiger partial charge in [-0.2, -0.15) is 0 Å². The van der Waals surface area contributed by atoms with Gasteiger partial charge in [-0.1, -0.05) is 13.8 Å². The highest BCUT2D eigenvalue weighted by Crippen LogP contribution is 2.30. The molecular weight excluding hydrogens is 238 g/mol. The summed E-state index contributed by atoms with van der Waals surface area (Å²) in [6.07, 6.45) is 3.55. The third-order valence-corrected chi connectivity index (χ3v) is 3.31. The van der Waals surface area contributed by atoms with Crippen LogP contribution in [-0.4, -0.2) is 28.4 Å². The average Bonchev–Trinajstić information content (AvgIpc) is 3.12. The Labute approximate surface area is 114 Å². The first-order chi connectivity index (χ1) is 8.97. The monoisotopic (exact) mass is 261 g/mol. The lowest BCUT2D eigenvalue weighted by Crippen LogP contribution is -2.30. The number of aromatic nitrogens is 2. The molecule has 1 aromatic heterocycles. The van der Waals surface area contributed by atoms with Gasteiger partial charge in [-0.05, 0) is 38.2 Å². The third-order valence-electron chi connectivity index (χ3n) is 3.31. The lowest BCUT2D eigenvalue weighted by Gasteiger charge is -2.24. The SMILES string of the molecule is Cc1cc(C(=N)N)nc(N(CCC(C)C)C2CC2)n1. The van der Waals surface area contributed by atoms with Crippen molar-refractivity contribution < 1.29 is 0 Å². The highest BCUT2D eigenvalue weighted by atomic mass is 15.3. The van der Waals surface area contributed by atoms with Gasteiger partial charge < -0.3 is 10.6 Å². The first-order valence-corrected chi connectivity index (χ1v) is 6.94. The molecule has 1 aliphatic carbocycles. The molecule has 0 saturated heterocycles. The molecule has 2 rings (SSSR count). The van der Waals surface area contributed by atoms with Crippen LogP contribution in [0.3, 0.4) is 0 Å². The maximum Gasteiger partial charge on any atom is 0.226 e. The summed E-state index contributed by atoms with van der Waals surface area (Å²) in [6, 6.07) is 2.33. The summed E-state index contributed by atoms with van der Waals surface area (Å²) in [5, 5.41) is 7.53. The van der Waals surface area contributed by atoms with E-state index in [1.54, 1.807) is 6.07 Å². The highest BCUT2D eigenvalue weighted by molar-refractivity contribution is 5.93. The van der Waals surface area contributed by atoms with Gasteiger partial charge in [-0.15, -0.1) is 0 Å². The van der Waals surface area contributed by atoms with Gasteiger partial charge in [0.25, 0.3) is 0 Å². The fourth-order valence-electron chi connectivity index (χ4n) is 2.05. The molecule has 104 valence electrons. The van der Waals surface area contributed by atoms with Gasteiger partial charge in [0.2, 0.25) is 5.95 Å². The van der Waals surface area contributed by atoms with Crippen molar-refractivity contribution in [1.29, 1.82) is 5.41 Å². The Morgan fingerprint density at radius 1 is 1.47 bits per heavy atom. The Hall–Kier alpha value is -1.65. The molecule has 1 saturated carbocycles. The van der Waals surface area contributed by atoms with E-state index in [4.69, 9.17) is 11.1 Å². The number of rotatable bonds is 6. The van der Waals surface area contributed by atoms with Crippen LogP contribution >= 0.6 is 0 Å². The van der Waals surface area contributed by atoms with Crippen molar-refractivity contribution in [2.75, 3.05) is 11.4 Å². The van der Waals surface area contributed by atoms with E-state index in [-0.39, 0.29) is 5.84 Å². The standard InChI is InChI=1S/C14H23N5/c1-9(2)6-7-19(11-4-5-11)14-17-10(3)8-12(18-14)13(15)16/h8-9,11H,4-7H2,1-3H3,(H3,15,16). The van der Waals surface area contributed by atoms with Crippen molar-refractivity contribution in [2.45, 2.75) is 46.1 Å². The Balaban J connectivity index is 2.23.